The van der Waals surface area contributed by atoms with E-state index in [4.69, 9.17) is 0 Å². The molecule has 3 aromatic rings. The molecule has 0 radical (unpaired) electrons. The van der Waals surface area contributed by atoms with Gasteiger partial charge in [-0.2, -0.15) is 13.2 Å². The third-order valence-electron chi connectivity index (χ3n) is 8.37. The van der Waals surface area contributed by atoms with E-state index in [9.17, 15) is 27.9 Å². The number of halogens is 3. The average Bonchev–Trinajstić information content (AvgIpc) is 2.94. The number of amides is 1. The lowest BCUT2D eigenvalue weighted by Gasteiger charge is -2.42. The Morgan fingerprint density at radius 1 is 0.895 bits per heavy atom. The first-order chi connectivity index (χ1) is 18.1. The molecule has 6 nitrogen and oxygen atoms in total. The largest absolute Gasteiger partial charge is 0.430 e. The molecule has 9 heteroatoms. The minimum atomic E-state index is -5.12. The van der Waals surface area contributed by atoms with Gasteiger partial charge >= 0.3 is 6.18 Å². The van der Waals surface area contributed by atoms with Crippen molar-refractivity contribution in [3.8, 4) is 0 Å². The maximum absolute atomic E-state index is 13.9. The van der Waals surface area contributed by atoms with Gasteiger partial charge in [0.2, 0.25) is 0 Å². The van der Waals surface area contributed by atoms with Crippen LogP contribution in [0.2, 0.25) is 0 Å². The molecule has 1 N–H and O–H groups in total. The lowest BCUT2D eigenvalue weighted by atomic mass is 9.78. The van der Waals surface area contributed by atoms with E-state index in [2.05, 4.69) is 11.0 Å². The van der Waals surface area contributed by atoms with Crippen molar-refractivity contribution >= 4 is 22.4 Å². The molecule has 0 aliphatic carbocycles. The Bertz CT molecular complexity index is 1360. The number of nitrogens with zero attached hydrogens (tertiary/aromatic N) is 3. The quantitative estimate of drug-likeness (QED) is 0.545. The maximum Gasteiger partial charge on any atom is 0.430 e. The van der Waals surface area contributed by atoms with Crippen LogP contribution in [0, 0.1) is 11.8 Å². The van der Waals surface area contributed by atoms with E-state index in [0.717, 1.165) is 49.1 Å². The summed E-state index contributed by atoms with van der Waals surface area (Å²) in [6.45, 7) is 2.13. The van der Waals surface area contributed by atoms with Crippen LogP contribution in [0.15, 0.2) is 65.6 Å². The van der Waals surface area contributed by atoms with Gasteiger partial charge in [0.25, 0.3) is 17.1 Å². The topological polar surface area (TPSA) is 65.8 Å². The number of benzene rings is 2. The highest BCUT2D eigenvalue weighted by atomic mass is 19.4. The summed E-state index contributed by atoms with van der Waals surface area (Å²) in [5.41, 5.74) is -2.94. The Kier molecular flexibility index (Phi) is 6.98. The SMILES string of the molecule is Cn1ccc2cc(N3CCC(C4CCN(C(=O)[C@](O)(c5ccccc5)C(F)(F)F)CC4)CC3)ccc2c1=O. The predicted octanol–water partition coefficient (Wildman–Crippen LogP) is 4.44. The summed E-state index contributed by atoms with van der Waals surface area (Å²) >= 11 is 0. The number of alkyl halides is 3. The lowest BCUT2D eigenvalue weighted by Crippen LogP contribution is -2.57. The van der Waals surface area contributed by atoms with E-state index in [1.54, 1.807) is 23.9 Å². The van der Waals surface area contributed by atoms with Crippen LogP contribution in [-0.4, -0.2) is 52.8 Å². The molecular formula is C29H32F3N3O3. The number of rotatable bonds is 4. The molecule has 2 fully saturated rings. The smallest absolute Gasteiger partial charge is 0.371 e. The highest BCUT2D eigenvalue weighted by molar-refractivity contribution is 5.87. The number of aryl methyl sites for hydroxylation is 1. The number of aromatic nitrogens is 1. The number of carbonyl (C=O) groups excluding carboxylic acids is 1. The minimum Gasteiger partial charge on any atom is -0.371 e. The number of fused-ring (bicyclic) bond motifs is 1. The molecule has 2 aliphatic heterocycles. The number of hydrogen-bond acceptors (Lipinski definition) is 4. The van der Waals surface area contributed by atoms with Crippen LogP contribution in [0.25, 0.3) is 10.8 Å². The van der Waals surface area contributed by atoms with E-state index in [1.807, 2.05) is 18.2 Å². The summed E-state index contributed by atoms with van der Waals surface area (Å²) in [7, 11) is 1.74. The van der Waals surface area contributed by atoms with Crippen LogP contribution in [0.1, 0.15) is 31.2 Å². The first kappa shape index (κ1) is 26.3. The van der Waals surface area contributed by atoms with Crippen molar-refractivity contribution in [2.75, 3.05) is 31.1 Å². The summed E-state index contributed by atoms with van der Waals surface area (Å²) in [5, 5.41) is 12.3. The van der Waals surface area contributed by atoms with Crippen molar-refractivity contribution in [3.05, 3.63) is 76.7 Å². The van der Waals surface area contributed by atoms with Crippen LogP contribution >= 0.6 is 0 Å². The minimum absolute atomic E-state index is 0.0185. The number of pyridine rings is 1. The van der Waals surface area contributed by atoms with E-state index in [0.29, 0.717) is 30.1 Å². The van der Waals surface area contributed by atoms with Gasteiger partial charge in [0.05, 0.1) is 0 Å². The van der Waals surface area contributed by atoms with Crippen LogP contribution in [0.5, 0.6) is 0 Å². The van der Waals surface area contributed by atoms with E-state index < -0.39 is 23.2 Å². The molecule has 0 saturated carbocycles. The van der Waals surface area contributed by atoms with Gasteiger partial charge in [0.1, 0.15) is 0 Å². The Labute approximate surface area is 219 Å². The van der Waals surface area contributed by atoms with Gasteiger partial charge in [-0.1, -0.05) is 30.3 Å². The maximum atomic E-state index is 13.9. The zero-order chi connectivity index (χ0) is 27.1. The van der Waals surface area contributed by atoms with Crippen LogP contribution in [-0.2, 0) is 17.4 Å². The molecule has 202 valence electrons. The number of likely N-dealkylation sites (tertiary alicyclic amines) is 1. The normalized spacial score (nSPS) is 19.5. The van der Waals surface area contributed by atoms with Gasteiger partial charge in [-0.25, -0.2) is 0 Å². The van der Waals surface area contributed by atoms with Crippen molar-refractivity contribution in [3.63, 3.8) is 0 Å². The molecular weight excluding hydrogens is 495 g/mol. The third kappa shape index (κ3) is 4.68. The van der Waals surface area contributed by atoms with Gasteiger partial charge in [-0.15, -0.1) is 0 Å². The molecule has 0 bridgehead atoms. The molecule has 1 aromatic heterocycles. The average molecular weight is 528 g/mol. The first-order valence-electron chi connectivity index (χ1n) is 13.1. The fourth-order valence-electron chi connectivity index (χ4n) is 6.05. The fourth-order valence-corrected chi connectivity index (χ4v) is 6.05. The monoisotopic (exact) mass is 527 g/mol. The summed E-state index contributed by atoms with van der Waals surface area (Å²) in [4.78, 5) is 28.8. The van der Waals surface area contributed by atoms with Crippen molar-refractivity contribution in [2.24, 2.45) is 18.9 Å². The van der Waals surface area contributed by atoms with Crippen molar-refractivity contribution in [1.82, 2.24) is 9.47 Å². The van der Waals surface area contributed by atoms with E-state index in [-0.39, 0.29) is 18.6 Å². The summed E-state index contributed by atoms with van der Waals surface area (Å²) in [6, 6.07) is 14.5. The second-order valence-electron chi connectivity index (χ2n) is 10.5. The van der Waals surface area contributed by atoms with Gasteiger partial charge < -0.3 is 19.5 Å². The summed E-state index contributed by atoms with van der Waals surface area (Å²) in [6.07, 6.45) is -0.178. The number of carbonyl (C=O) groups is 1. The van der Waals surface area contributed by atoms with Crippen molar-refractivity contribution in [1.29, 1.82) is 0 Å². The molecule has 1 amide bonds. The molecule has 2 saturated heterocycles. The first-order valence-corrected chi connectivity index (χ1v) is 13.1. The van der Waals surface area contributed by atoms with E-state index >= 15 is 0 Å². The molecule has 0 unspecified atom stereocenters. The van der Waals surface area contributed by atoms with E-state index in [1.165, 1.54) is 17.0 Å². The lowest BCUT2D eigenvalue weighted by molar-refractivity contribution is -0.262. The Morgan fingerprint density at radius 2 is 1.50 bits per heavy atom. The Morgan fingerprint density at radius 3 is 2.11 bits per heavy atom. The Balaban J connectivity index is 1.20. The number of piperidine rings is 2. The molecule has 3 heterocycles. The zero-order valence-electron chi connectivity index (χ0n) is 21.3. The standard InChI is InChI=1S/C29H32F3N3O3/c1-33-14-9-22-19-24(7-8-25(22)26(33)36)34-15-10-20(11-16-34)21-12-17-35(18-13-21)27(37)28(38,29(30,31)32)23-5-3-2-4-6-23/h2-9,14,19-21,38H,10-13,15-18H2,1H3/t28-/m1/s1. The second-order valence-corrected chi connectivity index (χ2v) is 10.5. The number of aliphatic hydroxyl groups is 1. The highest BCUT2D eigenvalue weighted by Gasteiger charge is 2.62. The molecule has 38 heavy (non-hydrogen) atoms. The van der Waals surface area contributed by atoms with Crippen LogP contribution in [0.3, 0.4) is 0 Å². The fraction of sp³-hybridized carbons (Fsp3) is 0.448. The molecule has 0 spiro atoms. The van der Waals surface area contributed by atoms with Crippen molar-refractivity contribution < 1.29 is 23.1 Å². The number of hydrogen-bond donors (Lipinski definition) is 1. The summed E-state index contributed by atoms with van der Waals surface area (Å²) in [5.74, 6) is -0.529. The molecule has 2 aliphatic rings. The third-order valence-corrected chi connectivity index (χ3v) is 8.37. The van der Waals surface area contributed by atoms with Crippen LogP contribution in [0.4, 0.5) is 18.9 Å². The molecule has 2 aromatic carbocycles. The summed E-state index contributed by atoms with van der Waals surface area (Å²) < 4.78 is 43.4. The molecule has 5 rings (SSSR count). The van der Waals surface area contributed by atoms with Crippen LogP contribution < -0.4 is 10.5 Å². The second kappa shape index (κ2) is 10.1. The number of anilines is 1. The van der Waals surface area contributed by atoms with Gasteiger partial charge in [0.15, 0.2) is 0 Å². The molecule has 1 atom stereocenters. The zero-order valence-corrected chi connectivity index (χ0v) is 21.3. The predicted molar refractivity (Wildman–Crippen MR) is 140 cm³/mol. The van der Waals surface area contributed by atoms with Gasteiger partial charge in [-0.05, 0) is 67.2 Å². The van der Waals surface area contributed by atoms with Gasteiger partial charge in [-0.3, -0.25) is 9.59 Å². The Hall–Kier alpha value is -3.33. The van der Waals surface area contributed by atoms with Gasteiger partial charge in [0, 0.05) is 56.1 Å². The van der Waals surface area contributed by atoms with Crippen molar-refractivity contribution in [2.45, 2.75) is 37.5 Å². The highest BCUT2D eigenvalue weighted by Crippen LogP contribution is 2.42.